The first-order chi connectivity index (χ1) is 12.0. The highest BCUT2D eigenvalue weighted by atomic mass is 19.1. The number of aromatic nitrogens is 4. The van der Waals surface area contributed by atoms with E-state index in [4.69, 9.17) is 9.47 Å². The minimum absolute atomic E-state index is 0.183. The van der Waals surface area contributed by atoms with Gasteiger partial charge >= 0.3 is 0 Å². The Balaban J connectivity index is 1.73. The Morgan fingerprint density at radius 3 is 2.84 bits per heavy atom. The zero-order valence-corrected chi connectivity index (χ0v) is 13.7. The summed E-state index contributed by atoms with van der Waals surface area (Å²) in [4.78, 5) is 4.23. The average molecular weight is 346 g/mol. The van der Waals surface area contributed by atoms with E-state index >= 15 is 0 Å². The van der Waals surface area contributed by atoms with Gasteiger partial charge in [0.2, 0.25) is 12.2 Å². The second kappa shape index (κ2) is 7.25. The van der Waals surface area contributed by atoms with Gasteiger partial charge in [0.1, 0.15) is 12.3 Å². The zero-order valence-electron chi connectivity index (χ0n) is 13.7. The fourth-order valence-corrected chi connectivity index (χ4v) is 2.14. The Labute approximate surface area is 143 Å². The van der Waals surface area contributed by atoms with E-state index in [1.54, 1.807) is 12.3 Å². The molecule has 3 aromatic rings. The molecule has 0 aliphatic carbocycles. The van der Waals surface area contributed by atoms with Gasteiger partial charge in [0.15, 0.2) is 11.6 Å². The molecule has 1 unspecified atom stereocenters. The summed E-state index contributed by atoms with van der Waals surface area (Å²) >= 11 is 0. The highest BCUT2D eigenvalue weighted by Gasteiger charge is 2.11. The number of benzene rings is 1. The molecule has 0 N–H and O–H groups in total. The monoisotopic (exact) mass is 346 g/mol. The van der Waals surface area contributed by atoms with E-state index in [0.29, 0.717) is 17.3 Å². The fraction of sp³-hybridized carbons (Fsp3) is 0.235. The minimum atomic E-state index is -1.62. The molecule has 8 heteroatoms. The van der Waals surface area contributed by atoms with Crippen LogP contribution in [0.4, 0.5) is 8.78 Å². The summed E-state index contributed by atoms with van der Waals surface area (Å²) in [6, 6.07) is 9.50. The number of ether oxygens (including phenoxy) is 2. The van der Waals surface area contributed by atoms with Crippen LogP contribution in [0.25, 0.3) is 5.69 Å². The van der Waals surface area contributed by atoms with E-state index in [9.17, 15) is 8.78 Å². The summed E-state index contributed by atoms with van der Waals surface area (Å²) in [5.74, 6) is -0.351. The molecule has 0 aliphatic heterocycles. The molecule has 0 bridgehead atoms. The summed E-state index contributed by atoms with van der Waals surface area (Å²) < 4.78 is 38.4. The molecule has 0 spiro atoms. The first kappa shape index (κ1) is 16.8. The number of hydrogen-bond acceptors (Lipinski definition) is 5. The first-order valence-electron chi connectivity index (χ1n) is 7.59. The molecule has 1 atom stereocenters. The number of halogens is 2. The van der Waals surface area contributed by atoms with Crippen molar-refractivity contribution in [3.8, 4) is 17.3 Å². The molecule has 1 aromatic carbocycles. The van der Waals surface area contributed by atoms with E-state index in [1.807, 2.05) is 19.1 Å². The van der Waals surface area contributed by atoms with Crippen molar-refractivity contribution in [2.45, 2.75) is 26.8 Å². The first-order valence-corrected chi connectivity index (χ1v) is 7.59. The molecule has 2 aromatic heterocycles. The minimum Gasteiger partial charge on any atom is -0.471 e. The van der Waals surface area contributed by atoms with Gasteiger partial charge in [-0.3, -0.25) is 0 Å². The lowest BCUT2D eigenvalue weighted by molar-refractivity contribution is 0.0814. The van der Waals surface area contributed by atoms with Crippen molar-refractivity contribution in [3.63, 3.8) is 0 Å². The lowest BCUT2D eigenvalue weighted by Crippen LogP contribution is -2.06. The molecule has 0 aliphatic rings. The molecule has 25 heavy (non-hydrogen) atoms. The summed E-state index contributed by atoms with van der Waals surface area (Å²) in [6.45, 7) is 3.23. The molecule has 130 valence electrons. The fourth-order valence-electron chi connectivity index (χ4n) is 2.14. The summed E-state index contributed by atoms with van der Waals surface area (Å²) in [5, 5.41) is 7.96. The molecule has 0 radical (unpaired) electrons. The van der Waals surface area contributed by atoms with E-state index in [2.05, 4.69) is 15.3 Å². The standard InChI is InChI=1S/C17H16F2N4O2/c1-11-4-3-5-17(20-11)24-10-13-9-23(22-21-13)14-6-7-15(19)16(8-14)25-12(2)18/h3-9,12H,10H2,1-2H3. The Bertz CT molecular complexity index is 867. The van der Waals surface area contributed by atoms with Gasteiger partial charge in [-0.1, -0.05) is 11.3 Å². The third-order valence-corrected chi connectivity index (χ3v) is 3.24. The molecule has 2 heterocycles. The molecule has 0 fully saturated rings. The highest BCUT2D eigenvalue weighted by molar-refractivity contribution is 5.39. The lowest BCUT2D eigenvalue weighted by atomic mass is 10.3. The van der Waals surface area contributed by atoms with Gasteiger partial charge in [-0.05, 0) is 25.1 Å². The molecule has 0 saturated carbocycles. The predicted molar refractivity (Wildman–Crippen MR) is 85.8 cm³/mol. The van der Waals surface area contributed by atoms with Gasteiger partial charge in [-0.15, -0.1) is 5.10 Å². The van der Waals surface area contributed by atoms with Crippen LogP contribution in [0.15, 0.2) is 42.6 Å². The zero-order chi connectivity index (χ0) is 17.8. The van der Waals surface area contributed by atoms with Gasteiger partial charge in [0.05, 0.1) is 11.9 Å². The molecule has 6 nitrogen and oxygen atoms in total. The van der Waals surface area contributed by atoms with Gasteiger partial charge in [0, 0.05) is 24.8 Å². The Hall–Kier alpha value is -3.03. The third kappa shape index (κ3) is 4.28. The summed E-state index contributed by atoms with van der Waals surface area (Å²) in [7, 11) is 0. The van der Waals surface area contributed by atoms with E-state index in [-0.39, 0.29) is 12.4 Å². The lowest BCUT2D eigenvalue weighted by Gasteiger charge is -2.09. The number of pyridine rings is 1. The number of hydrogen-bond donors (Lipinski definition) is 0. The van der Waals surface area contributed by atoms with Crippen molar-refractivity contribution < 1.29 is 18.3 Å². The normalized spacial score (nSPS) is 12.0. The van der Waals surface area contributed by atoms with Gasteiger partial charge < -0.3 is 9.47 Å². The largest absolute Gasteiger partial charge is 0.471 e. The SMILES string of the molecule is Cc1cccc(OCc2cn(-c3ccc(F)c(OC(C)F)c3)nn2)n1. The van der Waals surface area contributed by atoms with Crippen LogP contribution in [0.5, 0.6) is 11.6 Å². The molecule has 0 amide bonds. The quantitative estimate of drug-likeness (QED) is 0.685. The maximum absolute atomic E-state index is 13.6. The maximum atomic E-state index is 13.6. The molecular weight excluding hydrogens is 330 g/mol. The number of nitrogens with zero attached hydrogens (tertiary/aromatic N) is 4. The van der Waals surface area contributed by atoms with Crippen LogP contribution < -0.4 is 9.47 Å². The van der Waals surface area contributed by atoms with Crippen LogP contribution in [0.1, 0.15) is 18.3 Å². The topological polar surface area (TPSA) is 62.1 Å². The average Bonchev–Trinajstić information content (AvgIpc) is 3.04. The van der Waals surface area contributed by atoms with Crippen molar-refractivity contribution in [1.29, 1.82) is 0 Å². The van der Waals surface area contributed by atoms with Gasteiger partial charge in [0.25, 0.3) is 0 Å². The second-order valence-electron chi connectivity index (χ2n) is 5.34. The molecule has 0 saturated heterocycles. The highest BCUT2D eigenvalue weighted by Crippen LogP contribution is 2.22. The summed E-state index contributed by atoms with van der Waals surface area (Å²) in [5.41, 5.74) is 1.90. The molecule has 3 rings (SSSR count). The van der Waals surface area contributed by atoms with Gasteiger partial charge in [-0.2, -0.15) is 0 Å². The van der Waals surface area contributed by atoms with Crippen molar-refractivity contribution in [2.24, 2.45) is 0 Å². The Morgan fingerprint density at radius 2 is 2.08 bits per heavy atom. The van der Waals surface area contributed by atoms with Crippen LogP contribution in [-0.2, 0) is 6.61 Å². The number of alkyl halides is 1. The Kier molecular flexibility index (Phi) is 4.87. The number of rotatable bonds is 6. The van der Waals surface area contributed by atoms with Crippen LogP contribution in [-0.4, -0.2) is 26.3 Å². The predicted octanol–water partition coefficient (Wildman–Crippen LogP) is 3.38. The second-order valence-corrected chi connectivity index (χ2v) is 5.34. The third-order valence-electron chi connectivity index (χ3n) is 3.24. The summed E-state index contributed by atoms with van der Waals surface area (Å²) in [6.07, 6.45) is 0.0115. The van der Waals surface area contributed by atoms with E-state index in [0.717, 1.165) is 5.69 Å². The van der Waals surface area contributed by atoms with Crippen LogP contribution in [0.2, 0.25) is 0 Å². The van der Waals surface area contributed by atoms with Crippen molar-refractivity contribution in [3.05, 3.63) is 59.8 Å². The van der Waals surface area contributed by atoms with Crippen molar-refractivity contribution in [1.82, 2.24) is 20.0 Å². The van der Waals surface area contributed by atoms with Gasteiger partial charge in [-0.25, -0.2) is 18.4 Å². The number of aryl methyl sites for hydroxylation is 1. The smallest absolute Gasteiger partial charge is 0.235 e. The van der Waals surface area contributed by atoms with Crippen LogP contribution in [0.3, 0.4) is 0 Å². The van der Waals surface area contributed by atoms with Crippen LogP contribution in [0, 0.1) is 12.7 Å². The molecular formula is C17H16F2N4O2. The maximum Gasteiger partial charge on any atom is 0.235 e. The van der Waals surface area contributed by atoms with Crippen molar-refractivity contribution in [2.75, 3.05) is 0 Å². The van der Waals surface area contributed by atoms with E-state index < -0.39 is 12.2 Å². The van der Waals surface area contributed by atoms with Crippen molar-refractivity contribution >= 4 is 0 Å². The van der Waals surface area contributed by atoms with Crippen LogP contribution >= 0.6 is 0 Å². The Morgan fingerprint density at radius 1 is 1.24 bits per heavy atom. The van der Waals surface area contributed by atoms with E-state index in [1.165, 1.54) is 29.8 Å².